The fourth-order valence-corrected chi connectivity index (χ4v) is 5.70. The molecule has 1 aromatic carbocycles. The lowest BCUT2D eigenvalue weighted by molar-refractivity contribution is -0.141. The van der Waals surface area contributed by atoms with Crippen molar-refractivity contribution >= 4 is 23.3 Å². The fraction of sp³-hybridized carbons (Fsp3) is 0.379. The Labute approximate surface area is 240 Å². The number of carbonyl (C=O) groups excluding carboxylic acids is 2. The van der Waals surface area contributed by atoms with E-state index < -0.39 is 29.5 Å². The van der Waals surface area contributed by atoms with E-state index in [1.54, 1.807) is 62.9 Å². The van der Waals surface area contributed by atoms with E-state index in [4.69, 9.17) is 4.74 Å². The van der Waals surface area contributed by atoms with Crippen molar-refractivity contribution < 1.29 is 27.5 Å². The maximum atomic E-state index is 14.0. The van der Waals surface area contributed by atoms with Gasteiger partial charge in [0.05, 0.1) is 6.54 Å². The smallest absolute Gasteiger partial charge is 0.435 e. The summed E-state index contributed by atoms with van der Waals surface area (Å²) in [5, 5.41) is 15.9. The number of halogens is 3. The number of hydrogen-bond donors (Lipinski definition) is 1. The third-order valence-corrected chi connectivity index (χ3v) is 7.42. The highest BCUT2D eigenvalue weighted by atomic mass is 32.1. The number of alkyl carbamates (subject to hydrolysis) is 1. The molecule has 41 heavy (non-hydrogen) atoms. The first kappa shape index (κ1) is 29.9. The second kappa shape index (κ2) is 11.8. The fourth-order valence-electron chi connectivity index (χ4n) is 4.66. The maximum absolute atomic E-state index is 14.0. The average Bonchev–Trinajstić information content (AvgIpc) is 3.54. The number of aromatic nitrogens is 2. The van der Waals surface area contributed by atoms with E-state index in [0.29, 0.717) is 16.0 Å². The quantitative estimate of drug-likeness (QED) is 0.354. The summed E-state index contributed by atoms with van der Waals surface area (Å²) in [5.74, 6) is -0.803. The Morgan fingerprint density at radius 3 is 2.61 bits per heavy atom. The first-order chi connectivity index (χ1) is 19.3. The number of fused-ring (bicyclic) bond motifs is 1. The van der Waals surface area contributed by atoms with Crippen molar-refractivity contribution in [3.05, 3.63) is 75.3 Å². The summed E-state index contributed by atoms with van der Waals surface area (Å²) in [5.41, 5.74) is 0.120. The lowest BCUT2D eigenvalue weighted by Crippen LogP contribution is -2.37. The normalized spacial score (nSPS) is 15.5. The highest BCUT2D eigenvalue weighted by Crippen LogP contribution is 2.44. The number of amides is 2. The van der Waals surface area contributed by atoms with Crippen molar-refractivity contribution in [2.24, 2.45) is 0 Å². The zero-order chi connectivity index (χ0) is 29.9. The molecule has 1 aliphatic rings. The molecule has 2 aromatic heterocycles. The molecule has 0 unspecified atom stereocenters. The number of thiophene rings is 1. The molecular formula is C29H30F3N5O3S. The van der Waals surface area contributed by atoms with Gasteiger partial charge in [-0.05, 0) is 50.5 Å². The van der Waals surface area contributed by atoms with Gasteiger partial charge in [-0.1, -0.05) is 30.3 Å². The van der Waals surface area contributed by atoms with Crippen LogP contribution in [0.25, 0.3) is 11.1 Å². The lowest BCUT2D eigenvalue weighted by Gasteiger charge is -2.33. The molecule has 3 heterocycles. The van der Waals surface area contributed by atoms with Crippen molar-refractivity contribution in [2.75, 3.05) is 13.1 Å². The standard InChI is InChI=1S/C29H30F3N5O3S/c1-5-37-16-23(26(35-37)29(30,31)32)20-10-7-6-9-19(20)22-15-36(17-24-21(22)13-18(14-33)41-24)25(38)11-8-12-34-27(39)40-28(2,3)4/h6-11,13,16,22H,5,12,15,17H2,1-4H3,(H,34,39)/b11-8+/t22-/m0/s1. The Hall–Kier alpha value is -4.11. The van der Waals surface area contributed by atoms with Crippen molar-refractivity contribution in [1.82, 2.24) is 20.0 Å². The molecule has 3 aromatic rings. The Morgan fingerprint density at radius 1 is 1.22 bits per heavy atom. The lowest BCUT2D eigenvalue weighted by atomic mass is 9.83. The molecule has 0 saturated carbocycles. The summed E-state index contributed by atoms with van der Waals surface area (Å²) in [7, 11) is 0. The van der Waals surface area contributed by atoms with Crippen LogP contribution in [-0.4, -0.2) is 45.4 Å². The van der Waals surface area contributed by atoms with E-state index in [1.165, 1.54) is 34.4 Å². The number of aryl methyl sites for hydroxylation is 1. The number of hydrogen-bond acceptors (Lipinski definition) is 6. The number of nitriles is 1. The topological polar surface area (TPSA) is 100 Å². The monoisotopic (exact) mass is 585 g/mol. The molecule has 1 aliphatic heterocycles. The largest absolute Gasteiger partial charge is 0.444 e. The number of nitrogens with zero attached hydrogens (tertiary/aromatic N) is 4. The number of ether oxygens (including phenoxy) is 1. The van der Waals surface area contributed by atoms with Gasteiger partial charge in [0.2, 0.25) is 5.91 Å². The molecule has 2 amide bonds. The van der Waals surface area contributed by atoms with Crippen molar-refractivity contribution in [2.45, 2.75) is 58.5 Å². The number of benzene rings is 1. The minimum absolute atomic E-state index is 0.0381. The van der Waals surface area contributed by atoms with Crippen LogP contribution in [0, 0.1) is 11.3 Å². The molecule has 0 radical (unpaired) electrons. The molecule has 0 fully saturated rings. The highest BCUT2D eigenvalue weighted by molar-refractivity contribution is 7.12. The molecule has 1 N–H and O–H groups in total. The van der Waals surface area contributed by atoms with Crippen LogP contribution in [0.3, 0.4) is 0 Å². The Morgan fingerprint density at radius 2 is 1.95 bits per heavy atom. The summed E-state index contributed by atoms with van der Waals surface area (Å²) in [6.45, 7) is 7.73. The molecule has 12 heteroatoms. The van der Waals surface area contributed by atoms with E-state index in [0.717, 1.165) is 10.4 Å². The Bertz CT molecular complexity index is 1510. The van der Waals surface area contributed by atoms with Crippen molar-refractivity contribution in [3.63, 3.8) is 0 Å². The minimum Gasteiger partial charge on any atom is -0.444 e. The van der Waals surface area contributed by atoms with Crippen LogP contribution in [0.4, 0.5) is 18.0 Å². The summed E-state index contributed by atoms with van der Waals surface area (Å²) in [4.78, 5) is 27.9. The number of alkyl halides is 3. The van der Waals surface area contributed by atoms with Crippen LogP contribution < -0.4 is 5.32 Å². The predicted molar refractivity (Wildman–Crippen MR) is 148 cm³/mol. The van der Waals surface area contributed by atoms with Crippen LogP contribution in [0.1, 0.15) is 60.2 Å². The van der Waals surface area contributed by atoms with Crippen LogP contribution in [0.15, 0.2) is 48.7 Å². The first-order valence-corrected chi connectivity index (χ1v) is 13.8. The summed E-state index contributed by atoms with van der Waals surface area (Å²) in [6, 6.07) is 10.7. The van der Waals surface area contributed by atoms with Crippen LogP contribution >= 0.6 is 11.3 Å². The van der Waals surface area contributed by atoms with Gasteiger partial charge in [-0.3, -0.25) is 9.48 Å². The Balaban J connectivity index is 1.66. The predicted octanol–water partition coefficient (Wildman–Crippen LogP) is 6.08. The summed E-state index contributed by atoms with van der Waals surface area (Å²) in [6.07, 6.45) is -1.02. The van der Waals surface area contributed by atoms with Crippen LogP contribution in [-0.2, 0) is 28.8 Å². The third-order valence-electron chi connectivity index (χ3n) is 6.38. The van der Waals surface area contributed by atoms with Gasteiger partial charge in [-0.15, -0.1) is 11.3 Å². The maximum Gasteiger partial charge on any atom is 0.435 e. The summed E-state index contributed by atoms with van der Waals surface area (Å²) < 4.78 is 48.4. The van der Waals surface area contributed by atoms with Crippen LogP contribution in [0.2, 0.25) is 0 Å². The van der Waals surface area contributed by atoms with Gasteiger partial charge < -0.3 is 15.0 Å². The van der Waals surface area contributed by atoms with Gasteiger partial charge in [-0.25, -0.2) is 4.79 Å². The van der Waals surface area contributed by atoms with E-state index in [2.05, 4.69) is 16.5 Å². The van der Waals surface area contributed by atoms with E-state index in [9.17, 15) is 28.0 Å². The van der Waals surface area contributed by atoms with E-state index in [-0.39, 0.29) is 37.6 Å². The van der Waals surface area contributed by atoms with Crippen molar-refractivity contribution in [3.8, 4) is 17.2 Å². The molecule has 8 nitrogen and oxygen atoms in total. The summed E-state index contributed by atoms with van der Waals surface area (Å²) >= 11 is 1.26. The second-order valence-electron chi connectivity index (χ2n) is 10.5. The van der Waals surface area contributed by atoms with Gasteiger partial charge in [0, 0.05) is 48.3 Å². The minimum atomic E-state index is -4.66. The molecule has 1 atom stereocenters. The van der Waals surface area contributed by atoms with Gasteiger partial charge in [0.15, 0.2) is 5.69 Å². The SMILES string of the molecule is CCn1cc(-c2ccccc2[C@@H]2CN(C(=O)/C=C/CNC(=O)OC(C)(C)C)Cc3sc(C#N)cc32)c(C(F)(F)F)n1. The first-order valence-electron chi connectivity index (χ1n) is 13.0. The van der Waals surface area contributed by atoms with Crippen molar-refractivity contribution in [1.29, 1.82) is 5.26 Å². The number of carbonyl (C=O) groups is 2. The molecule has 4 rings (SSSR count). The van der Waals surface area contributed by atoms with Crippen LogP contribution in [0.5, 0.6) is 0 Å². The average molecular weight is 586 g/mol. The Kier molecular flexibility index (Phi) is 8.58. The number of rotatable bonds is 6. The zero-order valence-electron chi connectivity index (χ0n) is 23.1. The molecular weight excluding hydrogens is 555 g/mol. The highest BCUT2D eigenvalue weighted by Gasteiger charge is 2.39. The van der Waals surface area contributed by atoms with Gasteiger partial charge in [-0.2, -0.15) is 23.5 Å². The van der Waals surface area contributed by atoms with E-state index >= 15 is 0 Å². The molecule has 0 aliphatic carbocycles. The van der Waals surface area contributed by atoms with Gasteiger partial charge in [0.25, 0.3) is 0 Å². The number of nitrogens with one attached hydrogen (secondary N) is 1. The molecule has 0 saturated heterocycles. The third kappa shape index (κ3) is 6.97. The van der Waals surface area contributed by atoms with Gasteiger partial charge in [0.1, 0.15) is 16.5 Å². The molecule has 0 bridgehead atoms. The molecule has 0 spiro atoms. The van der Waals surface area contributed by atoms with E-state index in [1.807, 2.05) is 0 Å². The van der Waals surface area contributed by atoms with Gasteiger partial charge >= 0.3 is 12.3 Å². The molecule has 216 valence electrons. The zero-order valence-corrected chi connectivity index (χ0v) is 23.9. The second-order valence-corrected chi connectivity index (χ2v) is 11.6.